The van der Waals surface area contributed by atoms with E-state index in [9.17, 15) is 63.3 Å². The fourth-order valence-corrected chi connectivity index (χ4v) is 10.5. The maximum atomic E-state index is 15.4. The van der Waals surface area contributed by atoms with Gasteiger partial charge in [0.1, 0.15) is 50.1 Å². The van der Waals surface area contributed by atoms with Crippen molar-refractivity contribution in [3.05, 3.63) is 97.6 Å². The van der Waals surface area contributed by atoms with Gasteiger partial charge in [-0.05, 0) is 60.9 Å². The predicted octanol–water partition coefficient (Wildman–Crippen LogP) is -3.02. The Morgan fingerprint density at radius 1 is 0.878 bits per heavy atom. The molecule has 0 unspecified atom stereocenters. The zero-order chi connectivity index (χ0) is 59.2. The number of halogens is 1. The van der Waals surface area contributed by atoms with Crippen LogP contribution in [0.25, 0.3) is 22.3 Å². The van der Waals surface area contributed by atoms with Crippen molar-refractivity contribution < 1.29 is 82.2 Å². The van der Waals surface area contributed by atoms with Gasteiger partial charge in [-0.3, -0.25) is 43.2 Å². The summed E-state index contributed by atoms with van der Waals surface area (Å²) in [5.74, 6) is -7.64. The molecule has 13 N–H and O–H groups in total. The minimum Gasteiger partial charge on any atom is -0.481 e. The third-order valence-corrected chi connectivity index (χ3v) is 14.9. The maximum Gasteiger partial charge on any atom is 0.343 e. The van der Waals surface area contributed by atoms with Gasteiger partial charge in [-0.25, -0.2) is 14.2 Å². The first-order valence-electron chi connectivity index (χ1n) is 26.4. The third kappa shape index (κ3) is 13.2. The van der Waals surface area contributed by atoms with Crippen molar-refractivity contribution in [2.45, 2.75) is 120 Å². The number of ether oxygens (including phenoxy) is 3. The Hall–Kier alpha value is -8.28. The Morgan fingerprint density at radius 3 is 2.29 bits per heavy atom. The zero-order valence-corrected chi connectivity index (χ0v) is 44.6. The standard InChI is InChI=1S/C54H63FN10O17/c1-3-54(79)30-14-36-47-28(21-65(36)52(77)29(30)22-81-53(54)78)46-33(11-9-27-25(2)31(55)15-34(64-47)45(27)46)62-43(70)23-80-24-61-41(68)19-60-51(76)35(13-26-7-5-4-6-8-26)63-42(69)20-58-40(67)18-59-50(75)32(56)10-12-39(66)57-17-38-49(74)48(73)37(82-38)16-44(71)72/h4-8,14-15,32-33,35,37-38,48-49,73-74,79H,3,9-13,16-24,56H2,1-2H3,(H,57,66)(H,58,67)(H,59,75)(H,60,76)(H,61,68)(H,62,70)(H,63,69)(H,71,72)/t32-,33-,35-,37-,38+,48-,49+,54-/m0/s1. The lowest BCUT2D eigenvalue weighted by molar-refractivity contribution is -0.172. The van der Waals surface area contributed by atoms with Crippen LogP contribution in [0.1, 0.15) is 84.0 Å². The third-order valence-electron chi connectivity index (χ3n) is 14.9. The number of hydrogen-bond acceptors (Lipinski definition) is 18. The van der Waals surface area contributed by atoms with E-state index in [1.165, 1.54) is 10.6 Å². The Labute approximate surface area is 466 Å². The second-order valence-corrected chi connectivity index (χ2v) is 20.3. The summed E-state index contributed by atoms with van der Waals surface area (Å²) >= 11 is 0. The number of benzene rings is 2. The number of aliphatic hydroxyl groups excluding tert-OH is 2. The van der Waals surface area contributed by atoms with Gasteiger partial charge in [0, 0.05) is 42.0 Å². The van der Waals surface area contributed by atoms with Crippen LogP contribution in [-0.4, -0.2) is 159 Å². The number of aromatic nitrogens is 2. The van der Waals surface area contributed by atoms with E-state index in [-0.39, 0.29) is 56.5 Å². The molecule has 8 rings (SSSR count). The van der Waals surface area contributed by atoms with E-state index in [1.807, 2.05) is 0 Å². The highest BCUT2D eigenvalue weighted by Crippen LogP contribution is 2.46. The molecule has 4 aromatic rings. The SMILES string of the molecule is CC[C@@]1(O)C(=O)OCc2c1cc1n(c2=O)Cc2c-1nc1cc(F)c(C)c3c1c2[C@@H](NC(=O)COCNC(=O)CNC(=O)[C@H](Cc1ccccc1)NC(=O)CNC(=O)CNC(=O)[C@@H](N)CCC(=O)NC[C@H]1O[C@@H](CC(=O)O)[C@H](O)[C@@H]1O)CC3. The van der Waals surface area contributed by atoms with Crippen molar-refractivity contribution in [3.63, 3.8) is 0 Å². The van der Waals surface area contributed by atoms with E-state index >= 15 is 4.39 Å². The summed E-state index contributed by atoms with van der Waals surface area (Å²) in [5.41, 5.74) is 7.50. The van der Waals surface area contributed by atoms with Crippen LogP contribution < -0.4 is 48.5 Å². The largest absolute Gasteiger partial charge is 0.481 e. The smallest absolute Gasteiger partial charge is 0.343 e. The number of hydrogen-bond donors (Lipinski definition) is 12. The summed E-state index contributed by atoms with van der Waals surface area (Å²) in [4.78, 5) is 133. The van der Waals surface area contributed by atoms with Gasteiger partial charge in [0.15, 0.2) is 5.60 Å². The minimum absolute atomic E-state index is 0.0179. The van der Waals surface area contributed by atoms with Crippen LogP contribution in [0.4, 0.5) is 4.39 Å². The average Bonchev–Trinajstić information content (AvgIpc) is 3.25. The second kappa shape index (κ2) is 25.7. The number of esters is 1. The molecule has 0 saturated carbocycles. The van der Waals surface area contributed by atoms with Gasteiger partial charge in [-0.1, -0.05) is 37.3 Å². The van der Waals surface area contributed by atoms with Crippen molar-refractivity contribution in [2.75, 3.05) is 39.5 Å². The fraction of sp³-hybridized carbons (Fsp3) is 0.463. The van der Waals surface area contributed by atoms with Gasteiger partial charge in [0.25, 0.3) is 5.56 Å². The van der Waals surface area contributed by atoms with Gasteiger partial charge >= 0.3 is 11.9 Å². The molecule has 1 saturated heterocycles. The summed E-state index contributed by atoms with van der Waals surface area (Å²) in [6.45, 7) is -0.0732. The first-order chi connectivity index (χ1) is 39.1. The monoisotopic (exact) mass is 1140 g/mol. The van der Waals surface area contributed by atoms with Crippen molar-refractivity contribution in [1.29, 1.82) is 0 Å². The van der Waals surface area contributed by atoms with Crippen molar-refractivity contribution in [1.82, 2.24) is 46.8 Å². The zero-order valence-electron chi connectivity index (χ0n) is 44.6. The van der Waals surface area contributed by atoms with Crippen molar-refractivity contribution >= 4 is 64.2 Å². The maximum absolute atomic E-state index is 15.4. The molecule has 27 nitrogen and oxygen atoms in total. The molecule has 2 aromatic heterocycles. The van der Waals surface area contributed by atoms with Crippen LogP contribution in [0.3, 0.4) is 0 Å². The van der Waals surface area contributed by atoms with Gasteiger partial charge in [-0.2, -0.15) is 0 Å². The lowest BCUT2D eigenvalue weighted by atomic mass is 9.81. The number of aryl methyl sites for hydroxylation is 1. The molecule has 1 fully saturated rings. The predicted molar refractivity (Wildman–Crippen MR) is 282 cm³/mol. The number of carboxylic acids is 1. The first-order valence-corrected chi connectivity index (χ1v) is 26.4. The number of pyridine rings is 2. The lowest BCUT2D eigenvalue weighted by Gasteiger charge is -2.31. The van der Waals surface area contributed by atoms with Gasteiger partial charge < -0.3 is 82.2 Å². The van der Waals surface area contributed by atoms with E-state index in [4.69, 9.17) is 30.0 Å². The molecule has 7 amide bonds. The molecule has 438 valence electrons. The van der Waals surface area contributed by atoms with E-state index in [0.717, 1.165) is 0 Å². The normalized spacial score (nSPS) is 20.9. The molecule has 5 heterocycles. The van der Waals surface area contributed by atoms with Crippen LogP contribution in [0.5, 0.6) is 0 Å². The van der Waals surface area contributed by atoms with Crippen LogP contribution in [0.15, 0.2) is 47.3 Å². The van der Waals surface area contributed by atoms with E-state index < -0.39 is 152 Å². The number of carbonyl (C=O) groups excluding carboxylic acids is 8. The fourth-order valence-electron chi connectivity index (χ4n) is 10.5. The highest BCUT2D eigenvalue weighted by atomic mass is 19.1. The molecule has 4 aliphatic rings. The van der Waals surface area contributed by atoms with Crippen LogP contribution in [-0.2, 0) is 89.0 Å². The van der Waals surface area contributed by atoms with Crippen molar-refractivity contribution in [2.24, 2.45) is 5.73 Å². The number of nitrogens with zero attached hydrogens (tertiary/aromatic N) is 2. The lowest BCUT2D eigenvalue weighted by Crippen LogP contribution is -2.52. The van der Waals surface area contributed by atoms with Crippen LogP contribution in [0, 0.1) is 12.7 Å². The molecule has 0 radical (unpaired) electrons. The molecule has 0 spiro atoms. The highest BCUT2D eigenvalue weighted by molar-refractivity contribution is 5.95. The number of nitrogens with two attached hydrogens (primary N) is 1. The number of rotatable bonds is 24. The molecular weight excluding hydrogens is 1080 g/mol. The molecule has 0 bridgehead atoms. The Morgan fingerprint density at radius 2 is 1.57 bits per heavy atom. The Bertz CT molecular complexity index is 3270. The molecular formula is C54H63FN10O17. The molecule has 2 aromatic carbocycles. The van der Waals surface area contributed by atoms with Gasteiger partial charge in [-0.15, -0.1) is 0 Å². The van der Waals surface area contributed by atoms with Crippen molar-refractivity contribution in [3.8, 4) is 11.4 Å². The summed E-state index contributed by atoms with van der Waals surface area (Å²) in [5, 5.41) is 58.5. The number of carbonyl (C=O) groups is 9. The Balaban J connectivity index is 0.781. The van der Waals surface area contributed by atoms with E-state index in [2.05, 4.69) is 37.2 Å². The van der Waals surface area contributed by atoms with E-state index in [1.54, 1.807) is 50.2 Å². The molecule has 1 aliphatic carbocycles. The van der Waals surface area contributed by atoms with Gasteiger partial charge in [0.05, 0.1) is 73.3 Å². The molecule has 82 heavy (non-hydrogen) atoms. The number of amides is 7. The second-order valence-electron chi connectivity index (χ2n) is 20.3. The molecule has 3 aliphatic heterocycles. The summed E-state index contributed by atoms with van der Waals surface area (Å²) in [7, 11) is 0. The number of cyclic esters (lactones) is 1. The van der Waals surface area contributed by atoms with Crippen LogP contribution >= 0.6 is 0 Å². The number of nitrogens with one attached hydrogen (secondary N) is 7. The Kier molecular flexibility index (Phi) is 18.7. The highest BCUT2D eigenvalue weighted by Gasteiger charge is 2.47. The first kappa shape index (κ1) is 59.8. The topological polar surface area (TPSA) is 407 Å². The quantitative estimate of drug-likeness (QED) is 0.0166. The summed E-state index contributed by atoms with van der Waals surface area (Å²) in [6.07, 6.45) is -5.46. The van der Waals surface area contributed by atoms with E-state index in [0.29, 0.717) is 62.9 Å². The number of aliphatic carboxylic acids is 1. The molecule has 28 heteroatoms. The van der Waals surface area contributed by atoms with Crippen LogP contribution in [0.2, 0.25) is 0 Å². The van der Waals surface area contributed by atoms with Gasteiger partial charge in [0.2, 0.25) is 41.4 Å². The minimum atomic E-state index is -2.07. The molecule has 8 atom stereocenters. The number of carboxylic acid groups (broad SMARTS) is 1. The summed E-state index contributed by atoms with van der Waals surface area (Å²) < 4.78 is 32.9. The number of fused-ring (bicyclic) bond motifs is 5. The summed E-state index contributed by atoms with van der Waals surface area (Å²) in [6, 6.07) is 8.32. The number of aliphatic hydroxyl groups is 3. The average molecular weight is 1140 g/mol.